The van der Waals surface area contributed by atoms with Gasteiger partial charge in [0.2, 0.25) is 0 Å². The molecule has 33 heavy (non-hydrogen) atoms. The van der Waals surface area contributed by atoms with E-state index in [4.69, 9.17) is 9.47 Å². The second-order valence-corrected chi connectivity index (χ2v) is 6.94. The van der Waals surface area contributed by atoms with Gasteiger partial charge in [-0.25, -0.2) is 0 Å². The zero-order valence-electron chi connectivity index (χ0n) is 17.6. The zero-order chi connectivity index (χ0) is 23.6. The SMILES string of the molecule is O=C(COC(=O)CNC(=O)c1cccc(OC(F)F)c1)Nc1ccc(N2CCOCC2)cc1. The summed E-state index contributed by atoms with van der Waals surface area (Å²) in [4.78, 5) is 38.1. The quantitative estimate of drug-likeness (QED) is 0.548. The highest BCUT2D eigenvalue weighted by atomic mass is 19.3. The van der Waals surface area contributed by atoms with Crippen molar-refractivity contribution in [3.8, 4) is 5.75 Å². The number of hydrogen-bond acceptors (Lipinski definition) is 7. The Balaban J connectivity index is 1.38. The fraction of sp³-hybridized carbons (Fsp3) is 0.318. The fourth-order valence-corrected chi connectivity index (χ4v) is 3.04. The van der Waals surface area contributed by atoms with Crippen LogP contribution >= 0.6 is 0 Å². The van der Waals surface area contributed by atoms with Crippen molar-refractivity contribution < 1.29 is 37.4 Å². The molecule has 2 aromatic rings. The largest absolute Gasteiger partial charge is 0.454 e. The molecule has 1 aliphatic heterocycles. The highest BCUT2D eigenvalue weighted by molar-refractivity contribution is 5.97. The number of carbonyl (C=O) groups is 3. The van der Waals surface area contributed by atoms with Gasteiger partial charge in [-0.05, 0) is 42.5 Å². The number of alkyl halides is 2. The molecule has 176 valence electrons. The summed E-state index contributed by atoms with van der Waals surface area (Å²) in [6.45, 7) is -1.11. The summed E-state index contributed by atoms with van der Waals surface area (Å²) < 4.78 is 38.9. The number of morpholine rings is 1. The van der Waals surface area contributed by atoms with Gasteiger partial charge in [-0.2, -0.15) is 8.78 Å². The van der Waals surface area contributed by atoms with Crippen molar-refractivity contribution in [3.63, 3.8) is 0 Å². The maximum atomic E-state index is 12.3. The molecular formula is C22H23F2N3O6. The average molecular weight is 463 g/mol. The van der Waals surface area contributed by atoms with Gasteiger partial charge in [0.1, 0.15) is 12.3 Å². The van der Waals surface area contributed by atoms with Gasteiger partial charge in [0.15, 0.2) is 6.61 Å². The Morgan fingerprint density at radius 3 is 2.48 bits per heavy atom. The van der Waals surface area contributed by atoms with Crippen LogP contribution < -0.4 is 20.3 Å². The summed E-state index contributed by atoms with van der Waals surface area (Å²) in [5.41, 5.74) is 1.59. The molecule has 9 nitrogen and oxygen atoms in total. The molecule has 0 aliphatic carbocycles. The Hall–Kier alpha value is -3.73. The van der Waals surface area contributed by atoms with Gasteiger partial charge in [0, 0.05) is 30.0 Å². The second kappa shape index (κ2) is 11.8. The third kappa shape index (κ3) is 7.72. The van der Waals surface area contributed by atoms with Crippen molar-refractivity contribution in [2.24, 2.45) is 0 Å². The lowest BCUT2D eigenvalue weighted by Gasteiger charge is -2.28. The van der Waals surface area contributed by atoms with Crippen LogP contribution in [0.3, 0.4) is 0 Å². The van der Waals surface area contributed by atoms with Crippen LogP contribution in [0.25, 0.3) is 0 Å². The first kappa shape index (κ1) is 23.9. The summed E-state index contributed by atoms with van der Waals surface area (Å²) in [6.07, 6.45) is 0. The molecule has 0 spiro atoms. The highest BCUT2D eigenvalue weighted by Crippen LogP contribution is 2.19. The van der Waals surface area contributed by atoms with Crippen molar-refractivity contribution in [2.45, 2.75) is 6.61 Å². The molecule has 2 aromatic carbocycles. The number of esters is 1. The van der Waals surface area contributed by atoms with Gasteiger partial charge in [-0.3, -0.25) is 14.4 Å². The van der Waals surface area contributed by atoms with Crippen molar-refractivity contribution >= 4 is 29.2 Å². The van der Waals surface area contributed by atoms with Gasteiger partial charge in [0.05, 0.1) is 13.2 Å². The number of nitrogens with one attached hydrogen (secondary N) is 2. The second-order valence-electron chi connectivity index (χ2n) is 6.94. The third-order valence-corrected chi connectivity index (χ3v) is 4.61. The Kier molecular flexibility index (Phi) is 8.53. The number of rotatable bonds is 9. The fourth-order valence-electron chi connectivity index (χ4n) is 3.04. The molecule has 1 aliphatic rings. The molecule has 0 atom stereocenters. The molecule has 1 heterocycles. The number of hydrogen-bond donors (Lipinski definition) is 2. The number of anilines is 2. The van der Waals surface area contributed by atoms with E-state index in [1.807, 2.05) is 12.1 Å². The topological polar surface area (TPSA) is 106 Å². The number of nitrogens with zero attached hydrogens (tertiary/aromatic N) is 1. The van der Waals surface area contributed by atoms with Gasteiger partial charge in [0.25, 0.3) is 11.8 Å². The van der Waals surface area contributed by atoms with Crippen molar-refractivity contribution in [2.75, 3.05) is 49.7 Å². The monoisotopic (exact) mass is 463 g/mol. The van der Waals surface area contributed by atoms with E-state index in [-0.39, 0.29) is 11.3 Å². The highest BCUT2D eigenvalue weighted by Gasteiger charge is 2.14. The summed E-state index contributed by atoms with van der Waals surface area (Å²) >= 11 is 0. The summed E-state index contributed by atoms with van der Waals surface area (Å²) in [5, 5.41) is 4.91. The molecule has 11 heteroatoms. The minimum atomic E-state index is -3.02. The first-order valence-electron chi connectivity index (χ1n) is 10.1. The third-order valence-electron chi connectivity index (χ3n) is 4.61. The van der Waals surface area contributed by atoms with E-state index < -0.39 is 37.5 Å². The standard InChI is InChI=1S/C22H23F2N3O6/c23-22(24)33-18-3-1-2-15(12-18)21(30)25-13-20(29)32-14-19(28)26-16-4-6-17(7-5-16)27-8-10-31-11-9-27/h1-7,12,22H,8-11,13-14H2,(H,25,30)(H,26,28). The Bertz CT molecular complexity index is 965. The van der Waals surface area contributed by atoms with E-state index in [0.29, 0.717) is 18.9 Å². The maximum absolute atomic E-state index is 12.3. The van der Waals surface area contributed by atoms with Gasteiger partial charge >= 0.3 is 12.6 Å². The summed E-state index contributed by atoms with van der Waals surface area (Å²) in [6, 6.07) is 12.4. The molecule has 0 aromatic heterocycles. The Morgan fingerprint density at radius 1 is 1.06 bits per heavy atom. The molecule has 0 bridgehead atoms. The molecular weight excluding hydrogens is 440 g/mol. The van der Waals surface area contributed by atoms with Crippen molar-refractivity contribution in [1.29, 1.82) is 0 Å². The molecule has 0 saturated carbocycles. The summed E-state index contributed by atoms with van der Waals surface area (Å²) in [7, 11) is 0. The van der Waals surface area contributed by atoms with Crippen molar-refractivity contribution in [1.82, 2.24) is 5.32 Å². The van der Waals surface area contributed by atoms with Crippen LogP contribution in [0, 0.1) is 0 Å². The molecule has 2 amide bonds. The smallest absolute Gasteiger partial charge is 0.387 e. The van der Waals surface area contributed by atoms with Crippen LogP contribution in [-0.2, 0) is 19.1 Å². The van der Waals surface area contributed by atoms with E-state index in [9.17, 15) is 23.2 Å². The zero-order valence-corrected chi connectivity index (χ0v) is 17.6. The van der Waals surface area contributed by atoms with Gasteiger partial charge < -0.3 is 29.7 Å². The van der Waals surface area contributed by atoms with Crippen LogP contribution in [0.4, 0.5) is 20.2 Å². The minimum Gasteiger partial charge on any atom is -0.454 e. The van der Waals surface area contributed by atoms with E-state index in [1.165, 1.54) is 18.2 Å². The first-order chi connectivity index (χ1) is 15.9. The van der Waals surface area contributed by atoms with Crippen molar-refractivity contribution in [3.05, 3.63) is 54.1 Å². The predicted molar refractivity (Wildman–Crippen MR) is 114 cm³/mol. The predicted octanol–water partition coefficient (Wildman–Crippen LogP) is 2.04. The normalized spacial score (nSPS) is 13.4. The van der Waals surface area contributed by atoms with E-state index >= 15 is 0 Å². The molecule has 1 fully saturated rings. The molecule has 0 radical (unpaired) electrons. The van der Waals surface area contributed by atoms with Crippen LogP contribution in [0.15, 0.2) is 48.5 Å². The van der Waals surface area contributed by atoms with E-state index in [2.05, 4.69) is 20.3 Å². The molecule has 1 saturated heterocycles. The van der Waals surface area contributed by atoms with Crippen LogP contribution in [0.2, 0.25) is 0 Å². The lowest BCUT2D eigenvalue weighted by Crippen LogP contribution is -2.36. The van der Waals surface area contributed by atoms with Crippen LogP contribution in [-0.4, -0.2) is 63.9 Å². The van der Waals surface area contributed by atoms with E-state index in [0.717, 1.165) is 24.8 Å². The van der Waals surface area contributed by atoms with Crippen LogP contribution in [0.5, 0.6) is 5.75 Å². The number of halogens is 2. The summed E-state index contributed by atoms with van der Waals surface area (Å²) in [5.74, 6) is -2.24. The number of carbonyl (C=O) groups excluding carboxylic acids is 3. The van der Waals surface area contributed by atoms with Crippen LogP contribution in [0.1, 0.15) is 10.4 Å². The van der Waals surface area contributed by atoms with Gasteiger partial charge in [-0.15, -0.1) is 0 Å². The molecule has 3 rings (SSSR count). The first-order valence-corrected chi connectivity index (χ1v) is 10.1. The molecule has 0 unspecified atom stereocenters. The van der Waals surface area contributed by atoms with E-state index in [1.54, 1.807) is 12.1 Å². The number of benzene rings is 2. The Morgan fingerprint density at radius 2 is 1.79 bits per heavy atom. The van der Waals surface area contributed by atoms with Gasteiger partial charge in [-0.1, -0.05) is 6.07 Å². The molecule has 2 N–H and O–H groups in total. The maximum Gasteiger partial charge on any atom is 0.387 e. The average Bonchev–Trinajstić information content (AvgIpc) is 2.82. The number of amides is 2. The Labute approximate surface area is 188 Å². The minimum absolute atomic E-state index is 0.0271. The lowest BCUT2D eigenvalue weighted by molar-refractivity contribution is -0.146. The lowest BCUT2D eigenvalue weighted by atomic mass is 10.2. The number of ether oxygens (including phenoxy) is 3.